The van der Waals surface area contributed by atoms with Gasteiger partial charge in [0.25, 0.3) is 0 Å². The topological polar surface area (TPSA) is 9.23 Å². The number of benzene rings is 1. The number of halogens is 5. The minimum atomic E-state index is -4.19. The van der Waals surface area contributed by atoms with Crippen LogP contribution in [0.1, 0.15) is 18.4 Å². The monoisotopic (exact) mass is 270 g/mol. The van der Waals surface area contributed by atoms with Crippen molar-refractivity contribution in [3.8, 4) is 5.75 Å². The van der Waals surface area contributed by atoms with Gasteiger partial charge in [-0.1, -0.05) is 0 Å². The molecule has 0 N–H and O–H groups in total. The fourth-order valence-corrected chi connectivity index (χ4v) is 1.40. The zero-order valence-corrected chi connectivity index (χ0v) is 9.61. The summed E-state index contributed by atoms with van der Waals surface area (Å²) in [6.07, 6.45) is -5.26. The highest BCUT2D eigenvalue weighted by Crippen LogP contribution is 2.22. The Morgan fingerprint density at radius 3 is 2.47 bits per heavy atom. The Morgan fingerprint density at radius 2 is 1.88 bits per heavy atom. The van der Waals surface area contributed by atoms with Gasteiger partial charge in [-0.15, -0.1) is 11.6 Å². The molecule has 17 heavy (non-hydrogen) atoms. The molecule has 1 rings (SSSR count). The Kier molecular flexibility index (Phi) is 5.05. The fourth-order valence-electron chi connectivity index (χ4n) is 1.24. The van der Waals surface area contributed by atoms with Crippen LogP contribution in [0.5, 0.6) is 5.75 Å². The van der Waals surface area contributed by atoms with Gasteiger partial charge >= 0.3 is 6.18 Å². The van der Waals surface area contributed by atoms with Crippen LogP contribution in [-0.4, -0.2) is 12.8 Å². The van der Waals surface area contributed by atoms with Crippen molar-refractivity contribution in [1.82, 2.24) is 0 Å². The summed E-state index contributed by atoms with van der Waals surface area (Å²) >= 11 is 5.52. The van der Waals surface area contributed by atoms with E-state index in [1.165, 1.54) is 12.1 Å². The van der Waals surface area contributed by atoms with Crippen LogP contribution < -0.4 is 4.74 Å². The summed E-state index contributed by atoms with van der Waals surface area (Å²) in [5, 5.41) is 0. The van der Waals surface area contributed by atoms with E-state index in [0.29, 0.717) is 5.56 Å². The zero-order valence-electron chi connectivity index (χ0n) is 8.86. The van der Waals surface area contributed by atoms with Crippen LogP contribution in [0.2, 0.25) is 0 Å². The Balaban J connectivity index is 2.44. The molecule has 0 amide bonds. The number of hydrogen-bond donors (Lipinski definition) is 0. The molecule has 0 aliphatic rings. The second-order valence-corrected chi connectivity index (χ2v) is 3.76. The summed E-state index contributed by atoms with van der Waals surface area (Å²) in [5.41, 5.74) is 0.525. The average molecular weight is 271 g/mol. The summed E-state index contributed by atoms with van der Waals surface area (Å²) in [7, 11) is 0. The van der Waals surface area contributed by atoms with E-state index in [4.69, 9.17) is 16.3 Å². The lowest BCUT2D eigenvalue weighted by Gasteiger charge is -2.09. The van der Waals surface area contributed by atoms with E-state index in [1.54, 1.807) is 0 Å². The van der Waals surface area contributed by atoms with Crippen LogP contribution >= 0.6 is 11.6 Å². The Hall–Kier alpha value is -0.970. The maximum absolute atomic E-state index is 13.0. The third-order valence-corrected chi connectivity index (χ3v) is 2.27. The van der Waals surface area contributed by atoms with Crippen molar-refractivity contribution in [2.24, 2.45) is 0 Å². The maximum Gasteiger partial charge on any atom is 0.389 e. The molecular formula is C11H11ClF4O. The van der Waals surface area contributed by atoms with Crippen molar-refractivity contribution >= 4 is 11.6 Å². The third-order valence-electron chi connectivity index (χ3n) is 1.96. The van der Waals surface area contributed by atoms with Crippen LogP contribution in [-0.2, 0) is 5.88 Å². The number of alkyl halides is 4. The van der Waals surface area contributed by atoms with Gasteiger partial charge in [0.05, 0.1) is 6.61 Å². The van der Waals surface area contributed by atoms with E-state index in [2.05, 4.69) is 0 Å². The van der Waals surface area contributed by atoms with Crippen molar-refractivity contribution in [3.05, 3.63) is 29.6 Å². The molecule has 0 saturated carbocycles. The van der Waals surface area contributed by atoms with Gasteiger partial charge in [-0.05, 0) is 24.1 Å². The summed E-state index contributed by atoms with van der Waals surface area (Å²) < 4.78 is 53.5. The highest BCUT2D eigenvalue weighted by Gasteiger charge is 2.26. The van der Waals surface area contributed by atoms with Gasteiger partial charge in [0.15, 0.2) is 0 Å². The quantitative estimate of drug-likeness (QED) is 0.441. The smallest absolute Gasteiger partial charge is 0.389 e. The SMILES string of the molecule is Fc1cc(CCl)cc(OCCCC(F)(F)F)c1. The van der Waals surface area contributed by atoms with Gasteiger partial charge in [0.2, 0.25) is 0 Å². The number of rotatable bonds is 5. The van der Waals surface area contributed by atoms with E-state index in [-0.39, 0.29) is 24.7 Å². The molecule has 0 heterocycles. The third kappa shape index (κ3) is 5.77. The van der Waals surface area contributed by atoms with Crippen molar-refractivity contribution in [2.45, 2.75) is 24.9 Å². The van der Waals surface area contributed by atoms with E-state index >= 15 is 0 Å². The molecule has 0 aromatic heterocycles. The van der Waals surface area contributed by atoms with Crippen molar-refractivity contribution in [3.63, 3.8) is 0 Å². The predicted octanol–water partition coefficient (Wildman–Crippen LogP) is 4.29. The van der Waals surface area contributed by atoms with E-state index < -0.39 is 18.4 Å². The Labute approximate surface area is 101 Å². The molecule has 0 atom stereocenters. The molecule has 6 heteroatoms. The molecule has 0 saturated heterocycles. The van der Waals surface area contributed by atoms with Crippen LogP contribution in [0.3, 0.4) is 0 Å². The van der Waals surface area contributed by atoms with Crippen LogP contribution in [0.4, 0.5) is 17.6 Å². The Bertz CT molecular complexity index is 365. The predicted molar refractivity (Wildman–Crippen MR) is 56.7 cm³/mol. The first kappa shape index (κ1) is 14.1. The van der Waals surface area contributed by atoms with Crippen LogP contribution in [0.15, 0.2) is 18.2 Å². The lowest BCUT2D eigenvalue weighted by atomic mass is 10.2. The van der Waals surface area contributed by atoms with Crippen molar-refractivity contribution < 1.29 is 22.3 Å². The summed E-state index contributed by atoms with van der Waals surface area (Å²) in [6, 6.07) is 3.86. The molecule has 0 unspecified atom stereocenters. The first-order valence-electron chi connectivity index (χ1n) is 4.96. The van der Waals surface area contributed by atoms with Gasteiger partial charge < -0.3 is 4.74 Å². The normalized spacial score (nSPS) is 11.6. The fraction of sp³-hybridized carbons (Fsp3) is 0.455. The highest BCUT2D eigenvalue weighted by molar-refractivity contribution is 6.17. The highest BCUT2D eigenvalue weighted by atomic mass is 35.5. The zero-order chi connectivity index (χ0) is 12.9. The van der Waals surface area contributed by atoms with Gasteiger partial charge in [-0.25, -0.2) is 4.39 Å². The molecule has 0 radical (unpaired) electrons. The standard InChI is InChI=1S/C11H11ClF4O/c12-7-8-4-9(13)6-10(5-8)17-3-1-2-11(14,15)16/h4-6H,1-3,7H2. The van der Waals surface area contributed by atoms with E-state index in [1.807, 2.05) is 0 Å². The average Bonchev–Trinajstić information content (AvgIpc) is 2.22. The minimum Gasteiger partial charge on any atom is -0.493 e. The molecule has 0 spiro atoms. The lowest BCUT2D eigenvalue weighted by Crippen LogP contribution is -2.09. The van der Waals surface area contributed by atoms with Crippen molar-refractivity contribution in [2.75, 3.05) is 6.61 Å². The minimum absolute atomic E-state index is 0.106. The molecule has 1 aromatic carbocycles. The van der Waals surface area contributed by atoms with Gasteiger partial charge in [0, 0.05) is 18.4 Å². The molecule has 1 nitrogen and oxygen atoms in total. The summed E-state index contributed by atoms with van der Waals surface area (Å²) in [5.74, 6) is -0.201. The lowest BCUT2D eigenvalue weighted by molar-refractivity contribution is -0.136. The molecule has 96 valence electrons. The van der Waals surface area contributed by atoms with Crippen molar-refractivity contribution in [1.29, 1.82) is 0 Å². The van der Waals surface area contributed by atoms with Gasteiger partial charge in [0.1, 0.15) is 11.6 Å². The van der Waals surface area contributed by atoms with Gasteiger partial charge in [-0.3, -0.25) is 0 Å². The molecule has 0 fully saturated rings. The van der Waals surface area contributed by atoms with Gasteiger partial charge in [-0.2, -0.15) is 13.2 Å². The van der Waals surface area contributed by atoms with Crippen LogP contribution in [0.25, 0.3) is 0 Å². The maximum atomic E-state index is 13.0. The number of ether oxygens (including phenoxy) is 1. The molecule has 0 aliphatic carbocycles. The van der Waals surface area contributed by atoms with Crippen LogP contribution in [0, 0.1) is 5.82 Å². The first-order valence-corrected chi connectivity index (χ1v) is 5.49. The number of hydrogen-bond acceptors (Lipinski definition) is 1. The second-order valence-electron chi connectivity index (χ2n) is 3.50. The van der Waals surface area contributed by atoms with E-state index in [0.717, 1.165) is 6.07 Å². The van der Waals surface area contributed by atoms with E-state index in [9.17, 15) is 17.6 Å². The molecule has 0 bridgehead atoms. The summed E-state index contributed by atoms with van der Waals surface area (Å²) in [4.78, 5) is 0. The molecule has 0 aliphatic heterocycles. The Morgan fingerprint density at radius 1 is 1.18 bits per heavy atom. The largest absolute Gasteiger partial charge is 0.493 e. The first-order chi connectivity index (χ1) is 7.90. The second kappa shape index (κ2) is 6.10. The summed E-state index contributed by atoms with van der Waals surface area (Å²) in [6.45, 7) is -0.106. The molecular weight excluding hydrogens is 260 g/mol. The molecule has 1 aromatic rings.